The van der Waals surface area contributed by atoms with E-state index in [-0.39, 0.29) is 0 Å². The van der Waals surface area contributed by atoms with Gasteiger partial charge in [0, 0.05) is 30.6 Å². The quantitative estimate of drug-likeness (QED) is 0.867. The van der Waals surface area contributed by atoms with Gasteiger partial charge in [0.15, 0.2) is 5.17 Å². The fourth-order valence-electron chi connectivity index (χ4n) is 2.58. The van der Waals surface area contributed by atoms with Crippen LogP contribution >= 0.6 is 11.8 Å². The number of nitrogens with one attached hydrogen (secondary N) is 1. The van der Waals surface area contributed by atoms with Crippen LogP contribution in [0.4, 0.5) is 0 Å². The summed E-state index contributed by atoms with van der Waals surface area (Å²) in [5.74, 6) is 1.17. The molecule has 1 atom stereocenters. The van der Waals surface area contributed by atoms with Crippen molar-refractivity contribution in [2.45, 2.75) is 60.0 Å². The van der Waals surface area contributed by atoms with Crippen LogP contribution in [-0.4, -0.2) is 33.3 Å². The fraction of sp³-hybridized carbons (Fsp3) is 0.750. The van der Waals surface area contributed by atoms with E-state index in [1.165, 1.54) is 17.9 Å². The van der Waals surface area contributed by atoms with Crippen LogP contribution in [0.5, 0.6) is 0 Å². The molecule has 1 aromatic heterocycles. The Morgan fingerprint density at radius 3 is 2.81 bits per heavy atom. The molecule has 1 aliphatic rings. The van der Waals surface area contributed by atoms with Gasteiger partial charge in [-0.15, -0.1) is 0 Å². The molecule has 0 bridgehead atoms. The molecule has 1 saturated heterocycles. The molecule has 118 valence electrons. The Balaban J connectivity index is 1.80. The zero-order chi connectivity index (χ0) is 15.5. The van der Waals surface area contributed by atoms with Crippen molar-refractivity contribution < 1.29 is 0 Å². The van der Waals surface area contributed by atoms with E-state index in [2.05, 4.69) is 48.9 Å². The maximum Gasteiger partial charge on any atom is 0.156 e. The van der Waals surface area contributed by atoms with Crippen LogP contribution < -0.4 is 5.32 Å². The molecule has 1 fully saturated rings. The van der Waals surface area contributed by atoms with Crippen molar-refractivity contribution in [2.75, 3.05) is 12.3 Å². The van der Waals surface area contributed by atoms with Crippen LogP contribution in [0.25, 0.3) is 0 Å². The summed E-state index contributed by atoms with van der Waals surface area (Å²) in [5, 5.41) is 9.20. The van der Waals surface area contributed by atoms with E-state index in [4.69, 9.17) is 4.99 Å². The Morgan fingerprint density at radius 2 is 2.19 bits per heavy atom. The number of amidine groups is 1. The molecule has 2 rings (SSSR count). The molecule has 1 aromatic rings. The Labute approximate surface area is 132 Å². The number of aliphatic imine (C=N–C) groups is 1. The molecule has 21 heavy (non-hydrogen) atoms. The maximum atomic E-state index is 4.73. The zero-order valence-electron chi connectivity index (χ0n) is 13.9. The molecule has 0 amide bonds. The van der Waals surface area contributed by atoms with E-state index in [1.54, 1.807) is 0 Å². The summed E-state index contributed by atoms with van der Waals surface area (Å²) in [6.45, 7) is 12.8. The highest BCUT2D eigenvalue weighted by Gasteiger charge is 2.28. The van der Waals surface area contributed by atoms with Crippen LogP contribution in [0, 0.1) is 19.3 Å². The standard InChI is InChI=1S/C16H28N4S/c1-12-11-13(2)20(19-12)9-6-8-17-15-18-14(7-10-21-15)16(3,4)5/h11,14H,6-10H2,1-5H3,(H,17,18). The Kier molecular flexibility index (Phi) is 5.36. The lowest BCUT2D eigenvalue weighted by Crippen LogP contribution is -2.46. The average molecular weight is 308 g/mol. The predicted octanol–water partition coefficient (Wildman–Crippen LogP) is 3.39. The molecule has 0 radical (unpaired) electrons. The summed E-state index contributed by atoms with van der Waals surface area (Å²) in [6.07, 6.45) is 2.26. The highest BCUT2D eigenvalue weighted by Crippen LogP contribution is 2.27. The lowest BCUT2D eigenvalue weighted by Gasteiger charge is -2.35. The van der Waals surface area contributed by atoms with Gasteiger partial charge >= 0.3 is 0 Å². The highest BCUT2D eigenvalue weighted by atomic mass is 32.2. The smallest absolute Gasteiger partial charge is 0.156 e. The Bertz CT molecular complexity index is 499. The first-order valence-corrected chi connectivity index (χ1v) is 8.79. The van der Waals surface area contributed by atoms with Gasteiger partial charge in [-0.25, -0.2) is 0 Å². The molecular formula is C16H28N4S. The second-order valence-corrected chi connectivity index (χ2v) is 7.97. The van der Waals surface area contributed by atoms with E-state index in [1.807, 2.05) is 18.7 Å². The fourth-order valence-corrected chi connectivity index (χ4v) is 3.53. The van der Waals surface area contributed by atoms with E-state index >= 15 is 0 Å². The lowest BCUT2D eigenvalue weighted by atomic mass is 9.85. The molecular weight excluding hydrogens is 280 g/mol. The number of aryl methyl sites for hydroxylation is 3. The van der Waals surface area contributed by atoms with E-state index < -0.39 is 0 Å². The van der Waals surface area contributed by atoms with Crippen LogP contribution in [0.15, 0.2) is 11.1 Å². The summed E-state index contributed by atoms with van der Waals surface area (Å²) in [6, 6.07) is 2.66. The van der Waals surface area contributed by atoms with Crippen molar-refractivity contribution in [1.82, 2.24) is 15.1 Å². The summed E-state index contributed by atoms with van der Waals surface area (Å²) in [7, 11) is 0. The molecule has 0 saturated carbocycles. The van der Waals surface area contributed by atoms with E-state index in [9.17, 15) is 0 Å². The van der Waals surface area contributed by atoms with Gasteiger partial charge in [-0.1, -0.05) is 32.5 Å². The topological polar surface area (TPSA) is 42.2 Å². The predicted molar refractivity (Wildman–Crippen MR) is 92.1 cm³/mol. The third-order valence-electron chi connectivity index (χ3n) is 3.88. The van der Waals surface area contributed by atoms with Crippen molar-refractivity contribution in [3.63, 3.8) is 0 Å². The highest BCUT2D eigenvalue weighted by molar-refractivity contribution is 8.13. The molecule has 0 aromatic carbocycles. The third-order valence-corrected chi connectivity index (χ3v) is 4.84. The largest absolute Gasteiger partial charge is 0.362 e. The minimum Gasteiger partial charge on any atom is -0.362 e. The van der Waals surface area contributed by atoms with Crippen molar-refractivity contribution >= 4 is 16.9 Å². The van der Waals surface area contributed by atoms with Gasteiger partial charge in [0.05, 0.1) is 5.69 Å². The molecule has 4 nitrogen and oxygen atoms in total. The van der Waals surface area contributed by atoms with E-state index in [0.29, 0.717) is 11.5 Å². The summed E-state index contributed by atoms with van der Waals surface area (Å²) in [5.41, 5.74) is 2.63. The number of nitrogens with zero attached hydrogens (tertiary/aromatic N) is 3. The first kappa shape index (κ1) is 16.4. The summed E-state index contributed by atoms with van der Waals surface area (Å²) < 4.78 is 2.08. The van der Waals surface area contributed by atoms with Gasteiger partial charge in [-0.2, -0.15) is 5.10 Å². The third kappa shape index (κ3) is 4.77. The lowest BCUT2D eigenvalue weighted by molar-refractivity contribution is 0.290. The van der Waals surface area contributed by atoms with Crippen molar-refractivity contribution in [1.29, 1.82) is 0 Å². The molecule has 0 spiro atoms. The zero-order valence-corrected chi connectivity index (χ0v) is 14.8. The number of hydrogen-bond donors (Lipinski definition) is 1. The molecule has 0 aliphatic carbocycles. The van der Waals surface area contributed by atoms with Crippen LogP contribution in [0.1, 0.15) is 45.0 Å². The number of rotatable bonds is 4. The molecule has 5 heteroatoms. The van der Waals surface area contributed by atoms with Crippen molar-refractivity contribution in [3.05, 3.63) is 17.5 Å². The molecule has 1 unspecified atom stereocenters. The van der Waals surface area contributed by atoms with E-state index in [0.717, 1.165) is 30.4 Å². The Morgan fingerprint density at radius 1 is 1.43 bits per heavy atom. The van der Waals surface area contributed by atoms with Crippen molar-refractivity contribution in [3.8, 4) is 0 Å². The van der Waals surface area contributed by atoms with Crippen LogP contribution in [0.3, 0.4) is 0 Å². The first-order valence-electron chi connectivity index (χ1n) is 7.81. The second kappa shape index (κ2) is 6.86. The maximum absolute atomic E-state index is 4.73. The van der Waals surface area contributed by atoms with Gasteiger partial charge in [0.2, 0.25) is 0 Å². The number of aromatic nitrogens is 2. The van der Waals surface area contributed by atoms with Gasteiger partial charge < -0.3 is 5.32 Å². The average Bonchev–Trinajstić information content (AvgIpc) is 2.72. The minimum absolute atomic E-state index is 0.297. The monoisotopic (exact) mass is 308 g/mol. The SMILES string of the molecule is Cc1cc(C)n(CCCN=C2NC(C(C)(C)C)CCS2)n1. The van der Waals surface area contributed by atoms with Crippen LogP contribution in [-0.2, 0) is 6.54 Å². The first-order chi connectivity index (χ1) is 9.86. The summed E-state index contributed by atoms with van der Waals surface area (Å²) in [4.78, 5) is 4.73. The Hall–Kier alpha value is -0.970. The summed E-state index contributed by atoms with van der Waals surface area (Å²) >= 11 is 1.85. The second-order valence-electron chi connectivity index (χ2n) is 6.89. The number of thioether (sulfide) groups is 1. The molecule has 1 aliphatic heterocycles. The normalized spacial score (nSPS) is 21.6. The van der Waals surface area contributed by atoms with Gasteiger partial charge in [0.1, 0.15) is 0 Å². The van der Waals surface area contributed by atoms with Crippen LogP contribution in [0.2, 0.25) is 0 Å². The van der Waals surface area contributed by atoms with Crippen molar-refractivity contribution in [2.24, 2.45) is 10.4 Å². The van der Waals surface area contributed by atoms with Gasteiger partial charge in [0.25, 0.3) is 0 Å². The molecule has 2 heterocycles. The van der Waals surface area contributed by atoms with Gasteiger partial charge in [-0.3, -0.25) is 9.67 Å². The minimum atomic E-state index is 0.297. The number of hydrogen-bond acceptors (Lipinski definition) is 3. The van der Waals surface area contributed by atoms with Gasteiger partial charge in [-0.05, 0) is 38.2 Å². The molecule has 1 N–H and O–H groups in total.